The zero-order valence-electron chi connectivity index (χ0n) is 12.5. The number of hydrogen-bond donors (Lipinski definition) is 0. The van der Waals surface area contributed by atoms with Crippen LogP contribution >= 0.6 is 0 Å². The highest BCUT2D eigenvalue weighted by Gasteiger charge is 2.44. The van der Waals surface area contributed by atoms with Crippen molar-refractivity contribution >= 4 is 11.8 Å². The van der Waals surface area contributed by atoms with E-state index in [0.29, 0.717) is 35.9 Å². The minimum Gasteiger partial charge on any atom is -0.339 e. The van der Waals surface area contributed by atoms with E-state index in [-0.39, 0.29) is 5.91 Å². The van der Waals surface area contributed by atoms with E-state index in [0.717, 1.165) is 38.9 Å². The van der Waals surface area contributed by atoms with Crippen LogP contribution in [0.25, 0.3) is 0 Å². The highest BCUT2D eigenvalue weighted by Crippen LogP contribution is 2.38. The molecule has 0 aliphatic carbocycles. The lowest BCUT2D eigenvalue weighted by molar-refractivity contribution is -0.144. The van der Waals surface area contributed by atoms with Crippen LogP contribution in [0.3, 0.4) is 0 Å². The van der Waals surface area contributed by atoms with Crippen molar-refractivity contribution in [2.24, 2.45) is 11.8 Å². The van der Waals surface area contributed by atoms with Gasteiger partial charge in [0.15, 0.2) is 0 Å². The van der Waals surface area contributed by atoms with Crippen LogP contribution in [0.5, 0.6) is 0 Å². The molecule has 3 fully saturated rings. The Morgan fingerprint density at radius 3 is 2.95 bits per heavy atom. The average Bonchev–Trinajstić information content (AvgIpc) is 2.56. The van der Waals surface area contributed by atoms with Crippen molar-refractivity contribution in [2.75, 3.05) is 19.6 Å². The van der Waals surface area contributed by atoms with Crippen LogP contribution in [0.4, 0.5) is 0 Å². The van der Waals surface area contributed by atoms with Gasteiger partial charge in [0.2, 0.25) is 5.91 Å². The average molecular weight is 300 g/mol. The van der Waals surface area contributed by atoms with Crippen LogP contribution in [0.2, 0.25) is 0 Å². The molecule has 3 atom stereocenters. The maximum atomic E-state index is 12.6. The van der Waals surface area contributed by atoms with Gasteiger partial charge in [0.25, 0.3) is 5.91 Å². The topological polar surface area (TPSA) is 66.4 Å². The third-order valence-corrected chi connectivity index (χ3v) is 5.25. The molecule has 0 N–H and O–H groups in total. The van der Waals surface area contributed by atoms with Crippen molar-refractivity contribution in [1.29, 1.82) is 0 Å². The summed E-state index contributed by atoms with van der Waals surface area (Å²) in [5.41, 5.74) is 0.416. The van der Waals surface area contributed by atoms with Gasteiger partial charge < -0.3 is 9.80 Å². The second-order valence-corrected chi connectivity index (χ2v) is 6.67. The number of amides is 2. The van der Waals surface area contributed by atoms with Gasteiger partial charge in [-0.3, -0.25) is 14.6 Å². The summed E-state index contributed by atoms with van der Waals surface area (Å²) in [4.78, 5) is 36.8. The largest absolute Gasteiger partial charge is 0.339 e. The Kier molecular flexibility index (Phi) is 3.32. The molecule has 4 heterocycles. The van der Waals surface area contributed by atoms with Gasteiger partial charge >= 0.3 is 0 Å². The zero-order chi connectivity index (χ0) is 15.1. The van der Waals surface area contributed by atoms with Gasteiger partial charge in [-0.2, -0.15) is 0 Å². The van der Waals surface area contributed by atoms with E-state index < -0.39 is 0 Å². The lowest BCUT2D eigenvalue weighted by Crippen LogP contribution is -2.61. The fourth-order valence-corrected chi connectivity index (χ4v) is 4.35. The second-order valence-electron chi connectivity index (χ2n) is 6.67. The molecule has 6 nitrogen and oxygen atoms in total. The predicted molar refractivity (Wildman–Crippen MR) is 78.9 cm³/mol. The van der Waals surface area contributed by atoms with E-state index in [1.54, 1.807) is 12.4 Å². The molecular weight excluding hydrogens is 280 g/mol. The number of fused-ring (bicyclic) bond motifs is 4. The normalized spacial score (nSPS) is 30.9. The van der Waals surface area contributed by atoms with Crippen molar-refractivity contribution in [3.63, 3.8) is 0 Å². The summed E-state index contributed by atoms with van der Waals surface area (Å²) in [6, 6.07) is 0.329. The van der Waals surface area contributed by atoms with E-state index in [9.17, 15) is 9.59 Å². The zero-order valence-corrected chi connectivity index (χ0v) is 12.5. The second kappa shape index (κ2) is 5.34. The van der Waals surface area contributed by atoms with E-state index in [1.165, 1.54) is 6.20 Å². The summed E-state index contributed by atoms with van der Waals surface area (Å²) in [6.07, 6.45) is 8.56. The molecule has 3 saturated heterocycles. The Morgan fingerprint density at radius 2 is 2.14 bits per heavy atom. The van der Waals surface area contributed by atoms with Crippen molar-refractivity contribution in [1.82, 2.24) is 19.8 Å². The molecule has 2 bridgehead atoms. The lowest BCUT2D eigenvalue weighted by Gasteiger charge is -2.52. The number of hydrogen-bond acceptors (Lipinski definition) is 4. The Hall–Kier alpha value is -1.98. The van der Waals surface area contributed by atoms with Crippen LogP contribution in [-0.2, 0) is 4.79 Å². The number of carbonyl (C=O) groups is 2. The molecule has 6 heteroatoms. The first-order chi connectivity index (χ1) is 10.7. The van der Waals surface area contributed by atoms with Gasteiger partial charge in [-0.25, -0.2) is 4.98 Å². The molecule has 0 aromatic carbocycles. The monoisotopic (exact) mass is 300 g/mol. The Bertz CT molecular complexity index is 591. The molecule has 22 heavy (non-hydrogen) atoms. The SMILES string of the molecule is O=C(c1cnccn1)N1CC2CC(C1)[C@H]1CCCC(=O)N1C2. The van der Waals surface area contributed by atoms with E-state index in [4.69, 9.17) is 0 Å². The fraction of sp³-hybridized carbons (Fsp3) is 0.625. The first kappa shape index (κ1) is 13.7. The molecule has 0 saturated carbocycles. The number of carbonyl (C=O) groups excluding carboxylic acids is 2. The van der Waals surface area contributed by atoms with Crippen LogP contribution in [0, 0.1) is 11.8 Å². The molecule has 1 aromatic heterocycles. The summed E-state index contributed by atoms with van der Waals surface area (Å²) in [7, 11) is 0. The highest BCUT2D eigenvalue weighted by molar-refractivity contribution is 5.92. The quantitative estimate of drug-likeness (QED) is 0.774. The third kappa shape index (κ3) is 2.26. The maximum absolute atomic E-state index is 12.6. The standard InChI is InChI=1S/C16H20N4O2/c21-15-3-1-2-14-12-6-11(9-20(14)15)8-19(10-12)16(22)13-7-17-4-5-18-13/h4-5,7,11-12,14H,1-3,6,8-10H2/t11?,12?,14-/m1/s1. The van der Waals surface area contributed by atoms with Crippen molar-refractivity contribution in [2.45, 2.75) is 31.7 Å². The molecule has 4 rings (SSSR count). The van der Waals surface area contributed by atoms with Gasteiger partial charge in [-0.1, -0.05) is 0 Å². The first-order valence-electron chi connectivity index (χ1n) is 8.07. The molecule has 3 aliphatic heterocycles. The first-order valence-corrected chi connectivity index (χ1v) is 8.07. The van der Waals surface area contributed by atoms with Gasteiger partial charge in [0, 0.05) is 44.5 Å². The number of nitrogens with zero attached hydrogens (tertiary/aromatic N) is 4. The molecule has 0 radical (unpaired) electrons. The molecule has 1 aromatic rings. The third-order valence-electron chi connectivity index (χ3n) is 5.25. The summed E-state index contributed by atoms with van der Waals surface area (Å²) in [5, 5.41) is 0. The molecular formula is C16H20N4O2. The van der Waals surface area contributed by atoms with Crippen LogP contribution in [0.15, 0.2) is 18.6 Å². The minimum absolute atomic E-state index is 0.0293. The van der Waals surface area contributed by atoms with Crippen LogP contribution in [-0.4, -0.2) is 57.3 Å². The Labute approximate surface area is 129 Å². The predicted octanol–water partition coefficient (Wildman–Crippen LogP) is 0.950. The summed E-state index contributed by atoms with van der Waals surface area (Å²) in [6.45, 7) is 2.27. The number of likely N-dealkylation sites (tertiary alicyclic amines) is 1. The van der Waals surface area contributed by atoms with Gasteiger partial charge in [0.1, 0.15) is 5.69 Å². The molecule has 2 unspecified atom stereocenters. The highest BCUT2D eigenvalue weighted by atomic mass is 16.2. The van der Waals surface area contributed by atoms with Gasteiger partial charge in [-0.05, 0) is 31.1 Å². The Morgan fingerprint density at radius 1 is 1.23 bits per heavy atom. The van der Waals surface area contributed by atoms with Crippen molar-refractivity contribution in [3.8, 4) is 0 Å². The fourth-order valence-electron chi connectivity index (χ4n) is 4.35. The number of rotatable bonds is 1. The molecule has 3 aliphatic rings. The summed E-state index contributed by atoms with van der Waals surface area (Å²) < 4.78 is 0. The summed E-state index contributed by atoms with van der Waals surface area (Å²) in [5.74, 6) is 1.09. The Balaban J connectivity index is 1.53. The number of piperidine rings is 3. The van der Waals surface area contributed by atoms with Crippen LogP contribution in [0.1, 0.15) is 36.2 Å². The van der Waals surface area contributed by atoms with Crippen LogP contribution < -0.4 is 0 Å². The summed E-state index contributed by atoms with van der Waals surface area (Å²) >= 11 is 0. The molecule has 2 amide bonds. The van der Waals surface area contributed by atoms with Gasteiger partial charge in [0.05, 0.1) is 6.20 Å². The smallest absolute Gasteiger partial charge is 0.274 e. The minimum atomic E-state index is -0.0293. The van der Waals surface area contributed by atoms with E-state index >= 15 is 0 Å². The van der Waals surface area contributed by atoms with E-state index in [1.807, 2.05) is 4.90 Å². The maximum Gasteiger partial charge on any atom is 0.274 e. The van der Waals surface area contributed by atoms with Gasteiger partial charge in [-0.15, -0.1) is 0 Å². The van der Waals surface area contributed by atoms with E-state index in [2.05, 4.69) is 14.9 Å². The van der Waals surface area contributed by atoms with Crippen molar-refractivity contribution in [3.05, 3.63) is 24.3 Å². The molecule has 116 valence electrons. The lowest BCUT2D eigenvalue weighted by atomic mass is 9.76. The van der Waals surface area contributed by atoms with Crippen molar-refractivity contribution < 1.29 is 9.59 Å². The molecule has 0 spiro atoms. The number of aromatic nitrogens is 2.